The minimum atomic E-state index is -0.217. The number of anilines is 2. The zero-order valence-corrected chi connectivity index (χ0v) is 14.5. The molecular weight excluding hydrogens is 316 g/mol. The summed E-state index contributed by atoms with van der Waals surface area (Å²) in [6, 6.07) is 12.5. The van der Waals surface area contributed by atoms with E-state index in [1.54, 1.807) is 36.4 Å². The van der Waals surface area contributed by atoms with Gasteiger partial charge in [0.15, 0.2) is 0 Å². The summed E-state index contributed by atoms with van der Waals surface area (Å²) in [5.41, 5.74) is 3.60. The van der Waals surface area contributed by atoms with Crippen LogP contribution in [0.4, 0.5) is 11.4 Å². The third kappa shape index (κ3) is 3.52. The number of rotatable bonds is 4. The Kier molecular flexibility index (Phi) is 4.52. The molecular formula is C19H20N4O2. The molecule has 0 bridgehead atoms. The van der Waals surface area contributed by atoms with Gasteiger partial charge in [0.25, 0.3) is 5.91 Å². The van der Waals surface area contributed by atoms with Gasteiger partial charge >= 0.3 is 0 Å². The van der Waals surface area contributed by atoms with Crippen LogP contribution in [0, 0.1) is 0 Å². The number of benzene rings is 2. The van der Waals surface area contributed by atoms with Crippen molar-refractivity contribution in [3.63, 3.8) is 0 Å². The highest BCUT2D eigenvalue weighted by Crippen LogP contribution is 2.19. The van der Waals surface area contributed by atoms with Crippen LogP contribution in [0.25, 0.3) is 11.0 Å². The minimum absolute atomic E-state index is 0.157. The largest absolute Gasteiger partial charge is 0.331 e. The first-order valence-corrected chi connectivity index (χ1v) is 8.12. The Balaban J connectivity index is 1.83. The maximum atomic E-state index is 12.5. The predicted molar refractivity (Wildman–Crippen MR) is 98.8 cm³/mol. The normalized spacial score (nSPS) is 10.7. The molecule has 0 saturated carbocycles. The van der Waals surface area contributed by atoms with Crippen molar-refractivity contribution < 1.29 is 9.59 Å². The molecule has 0 aliphatic heterocycles. The highest BCUT2D eigenvalue weighted by atomic mass is 16.2. The van der Waals surface area contributed by atoms with E-state index >= 15 is 0 Å². The number of imidazole rings is 1. The summed E-state index contributed by atoms with van der Waals surface area (Å²) >= 11 is 0. The van der Waals surface area contributed by atoms with Crippen molar-refractivity contribution in [3.05, 3.63) is 53.9 Å². The van der Waals surface area contributed by atoms with Crippen LogP contribution in [0.5, 0.6) is 0 Å². The van der Waals surface area contributed by atoms with Gasteiger partial charge in [-0.05, 0) is 36.4 Å². The predicted octanol–water partition coefficient (Wildman–Crippen LogP) is 3.35. The molecule has 3 aromatic rings. The van der Waals surface area contributed by atoms with E-state index in [4.69, 9.17) is 0 Å². The molecule has 1 heterocycles. The number of nitrogens with one attached hydrogen (secondary N) is 2. The standard InChI is InChI=1S/C19H20N4O2/c1-4-18-22-16-10-13(8-9-17(16)23(18)3)19(25)21-15-7-5-6-14(11-15)20-12(2)24/h5-11H,4H2,1-3H3,(H,20,24)(H,21,25). The quantitative estimate of drug-likeness (QED) is 0.767. The van der Waals surface area contributed by atoms with Gasteiger partial charge in [0.2, 0.25) is 5.91 Å². The molecule has 0 spiro atoms. The van der Waals surface area contributed by atoms with Gasteiger partial charge in [0.05, 0.1) is 11.0 Å². The fourth-order valence-corrected chi connectivity index (χ4v) is 2.79. The van der Waals surface area contributed by atoms with Crippen molar-refractivity contribution in [3.8, 4) is 0 Å². The molecule has 0 aliphatic carbocycles. The highest BCUT2D eigenvalue weighted by Gasteiger charge is 2.11. The number of nitrogens with zero attached hydrogens (tertiary/aromatic N) is 2. The van der Waals surface area contributed by atoms with Crippen molar-refractivity contribution >= 4 is 34.2 Å². The molecule has 1 aromatic heterocycles. The topological polar surface area (TPSA) is 76.0 Å². The van der Waals surface area contributed by atoms with E-state index in [-0.39, 0.29) is 11.8 Å². The Bertz CT molecular complexity index is 959. The molecule has 128 valence electrons. The number of carbonyl (C=O) groups excluding carboxylic acids is 2. The lowest BCUT2D eigenvalue weighted by Crippen LogP contribution is -2.12. The number of hydrogen-bond acceptors (Lipinski definition) is 3. The maximum absolute atomic E-state index is 12.5. The van der Waals surface area contributed by atoms with Crippen LogP contribution in [-0.2, 0) is 18.3 Å². The van der Waals surface area contributed by atoms with E-state index in [0.717, 1.165) is 23.3 Å². The summed E-state index contributed by atoms with van der Waals surface area (Å²) < 4.78 is 2.04. The molecule has 2 amide bonds. The van der Waals surface area contributed by atoms with Crippen LogP contribution in [0.2, 0.25) is 0 Å². The monoisotopic (exact) mass is 336 g/mol. The van der Waals surface area contributed by atoms with Gasteiger partial charge in [0, 0.05) is 37.3 Å². The fourth-order valence-electron chi connectivity index (χ4n) is 2.79. The average Bonchev–Trinajstić information content (AvgIpc) is 2.90. The molecule has 0 saturated heterocycles. The summed E-state index contributed by atoms with van der Waals surface area (Å²) in [6.45, 7) is 3.49. The Morgan fingerprint density at radius 3 is 2.48 bits per heavy atom. The Morgan fingerprint density at radius 1 is 1.08 bits per heavy atom. The lowest BCUT2D eigenvalue weighted by atomic mass is 10.1. The number of hydrogen-bond donors (Lipinski definition) is 2. The van der Waals surface area contributed by atoms with Gasteiger partial charge in [-0.25, -0.2) is 4.98 Å². The SMILES string of the molecule is CCc1nc2cc(C(=O)Nc3cccc(NC(C)=O)c3)ccc2n1C. The van der Waals surface area contributed by atoms with Gasteiger partial charge < -0.3 is 15.2 Å². The van der Waals surface area contributed by atoms with Gasteiger partial charge in [-0.15, -0.1) is 0 Å². The molecule has 6 nitrogen and oxygen atoms in total. The van der Waals surface area contributed by atoms with E-state index in [9.17, 15) is 9.59 Å². The first-order valence-electron chi connectivity index (χ1n) is 8.12. The van der Waals surface area contributed by atoms with E-state index in [1.165, 1.54) is 6.92 Å². The van der Waals surface area contributed by atoms with Crippen LogP contribution < -0.4 is 10.6 Å². The number of fused-ring (bicyclic) bond motifs is 1. The summed E-state index contributed by atoms with van der Waals surface area (Å²) in [5.74, 6) is 0.608. The number of aromatic nitrogens is 2. The van der Waals surface area contributed by atoms with Crippen LogP contribution in [0.15, 0.2) is 42.5 Å². The Hall–Kier alpha value is -3.15. The molecule has 0 atom stereocenters. The van der Waals surface area contributed by atoms with Gasteiger partial charge in [-0.2, -0.15) is 0 Å². The lowest BCUT2D eigenvalue weighted by molar-refractivity contribution is -0.114. The molecule has 3 rings (SSSR count). The summed E-state index contributed by atoms with van der Waals surface area (Å²) in [7, 11) is 1.97. The molecule has 2 N–H and O–H groups in total. The molecule has 0 fully saturated rings. The number of carbonyl (C=O) groups is 2. The average molecular weight is 336 g/mol. The Labute approximate surface area is 145 Å². The van der Waals surface area contributed by atoms with Crippen molar-refractivity contribution in [2.45, 2.75) is 20.3 Å². The maximum Gasteiger partial charge on any atom is 0.255 e. The number of aryl methyl sites for hydroxylation is 2. The Morgan fingerprint density at radius 2 is 1.80 bits per heavy atom. The number of amides is 2. The van der Waals surface area contributed by atoms with Crippen LogP contribution >= 0.6 is 0 Å². The molecule has 0 radical (unpaired) electrons. The summed E-state index contributed by atoms with van der Waals surface area (Å²) in [6.07, 6.45) is 0.836. The summed E-state index contributed by atoms with van der Waals surface area (Å²) in [5, 5.41) is 5.54. The third-order valence-electron chi connectivity index (χ3n) is 3.99. The zero-order chi connectivity index (χ0) is 18.0. The molecule has 25 heavy (non-hydrogen) atoms. The smallest absolute Gasteiger partial charge is 0.255 e. The fraction of sp³-hybridized carbons (Fsp3) is 0.211. The van der Waals surface area contributed by atoms with E-state index < -0.39 is 0 Å². The van der Waals surface area contributed by atoms with Crippen molar-refractivity contribution in [2.75, 3.05) is 10.6 Å². The van der Waals surface area contributed by atoms with E-state index in [1.807, 2.05) is 17.7 Å². The van der Waals surface area contributed by atoms with Gasteiger partial charge in [0.1, 0.15) is 5.82 Å². The van der Waals surface area contributed by atoms with Crippen LogP contribution in [-0.4, -0.2) is 21.4 Å². The van der Waals surface area contributed by atoms with E-state index in [2.05, 4.69) is 22.5 Å². The highest BCUT2D eigenvalue weighted by molar-refractivity contribution is 6.06. The first-order chi connectivity index (χ1) is 12.0. The molecule has 6 heteroatoms. The molecule has 0 aliphatic rings. The minimum Gasteiger partial charge on any atom is -0.331 e. The first kappa shape index (κ1) is 16.7. The second-order valence-electron chi connectivity index (χ2n) is 5.86. The van der Waals surface area contributed by atoms with Crippen LogP contribution in [0.1, 0.15) is 30.0 Å². The second kappa shape index (κ2) is 6.76. The van der Waals surface area contributed by atoms with Crippen molar-refractivity contribution in [1.82, 2.24) is 9.55 Å². The van der Waals surface area contributed by atoms with E-state index in [0.29, 0.717) is 16.9 Å². The van der Waals surface area contributed by atoms with Gasteiger partial charge in [-0.1, -0.05) is 13.0 Å². The lowest BCUT2D eigenvalue weighted by Gasteiger charge is -2.08. The van der Waals surface area contributed by atoms with Gasteiger partial charge in [-0.3, -0.25) is 9.59 Å². The molecule has 2 aromatic carbocycles. The second-order valence-corrected chi connectivity index (χ2v) is 5.86. The molecule has 0 unspecified atom stereocenters. The summed E-state index contributed by atoms with van der Waals surface area (Å²) in [4.78, 5) is 28.2. The van der Waals surface area contributed by atoms with Crippen LogP contribution in [0.3, 0.4) is 0 Å². The van der Waals surface area contributed by atoms with Crippen molar-refractivity contribution in [2.24, 2.45) is 7.05 Å². The third-order valence-corrected chi connectivity index (χ3v) is 3.99. The zero-order valence-electron chi connectivity index (χ0n) is 14.5. The van der Waals surface area contributed by atoms with Crippen molar-refractivity contribution in [1.29, 1.82) is 0 Å².